The molecule has 0 aliphatic heterocycles. The summed E-state index contributed by atoms with van der Waals surface area (Å²) in [6, 6.07) is 3.33. The highest BCUT2D eigenvalue weighted by Crippen LogP contribution is 2.34. The van der Waals surface area contributed by atoms with Crippen molar-refractivity contribution in [3.05, 3.63) is 24.0 Å². The highest BCUT2D eigenvalue weighted by atomic mass is 32.2. The summed E-state index contributed by atoms with van der Waals surface area (Å²) >= 11 is 0. The van der Waals surface area contributed by atoms with E-state index in [1.54, 1.807) is 0 Å². The first-order valence-corrected chi connectivity index (χ1v) is 9.50. The average Bonchev–Trinajstić information content (AvgIpc) is 2.51. The first kappa shape index (κ1) is 18.8. The Morgan fingerprint density at radius 2 is 2.12 bits per heavy atom. The van der Waals surface area contributed by atoms with Crippen molar-refractivity contribution in [2.75, 3.05) is 11.9 Å². The largest absolute Gasteiger partial charge is 0.329 e. The first-order valence-electron chi connectivity index (χ1n) is 8.01. The molecule has 0 radical (unpaired) electrons. The molecule has 1 saturated carbocycles. The van der Waals surface area contributed by atoms with Crippen LogP contribution in [0.2, 0.25) is 0 Å². The van der Waals surface area contributed by atoms with Crippen molar-refractivity contribution in [3.63, 3.8) is 0 Å². The lowest BCUT2D eigenvalue weighted by Gasteiger charge is -2.42. The van der Waals surface area contributed by atoms with Gasteiger partial charge in [-0.1, -0.05) is 19.8 Å². The van der Waals surface area contributed by atoms with Gasteiger partial charge in [-0.05, 0) is 37.0 Å². The molecule has 1 aromatic rings. The van der Waals surface area contributed by atoms with Crippen molar-refractivity contribution in [3.8, 4) is 0 Å². The van der Waals surface area contributed by atoms with E-state index in [4.69, 9.17) is 5.73 Å². The van der Waals surface area contributed by atoms with Gasteiger partial charge in [0, 0.05) is 19.0 Å². The zero-order valence-corrected chi connectivity index (χ0v) is 14.7. The standard InChI is InChI=1S/C16H24FN3O3S/c1-11-5-3-4-8-16(11,10-18)20-24(22,23)13-6-7-14(17)15(9-13)19-12(2)21/h6-7,9,11,20H,3-5,8,10,18H2,1-2H3,(H,19,21). The fourth-order valence-electron chi connectivity index (χ4n) is 3.19. The zero-order chi connectivity index (χ0) is 18.0. The van der Waals surface area contributed by atoms with Crippen molar-refractivity contribution in [2.24, 2.45) is 11.7 Å². The highest BCUT2D eigenvalue weighted by molar-refractivity contribution is 7.89. The number of hydrogen-bond acceptors (Lipinski definition) is 4. The number of benzene rings is 1. The summed E-state index contributed by atoms with van der Waals surface area (Å²) in [7, 11) is -3.89. The molecule has 0 aromatic heterocycles. The molecule has 4 N–H and O–H groups in total. The molecule has 6 nitrogen and oxygen atoms in total. The first-order chi connectivity index (χ1) is 11.2. The van der Waals surface area contributed by atoms with Crippen LogP contribution in [0, 0.1) is 11.7 Å². The number of carbonyl (C=O) groups excluding carboxylic acids is 1. The third-order valence-electron chi connectivity index (χ3n) is 4.71. The zero-order valence-electron chi connectivity index (χ0n) is 13.9. The molecule has 134 valence electrons. The van der Waals surface area contributed by atoms with Crippen molar-refractivity contribution in [1.82, 2.24) is 4.72 Å². The lowest BCUT2D eigenvalue weighted by atomic mass is 9.74. The number of hydrogen-bond donors (Lipinski definition) is 3. The monoisotopic (exact) mass is 357 g/mol. The third kappa shape index (κ3) is 3.93. The van der Waals surface area contributed by atoms with Crippen LogP contribution in [-0.2, 0) is 14.8 Å². The van der Waals surface area contributed by atoms with Gasteiger partial charge in [-0.15, -0.1) is 0 Å². The van der Waals surface area contributed by atoms with E-state index < -0.39 is 27.3 Å². The van der Waals surface area contributed by atoms with Gasteiger partial charge in [-0.3, -0.25) is 4.79 Å². The molecule has 1 aliphatic carbocycles. The van der Waals surface area contributed by atoms with E-state index >= 15 is 0 Å². The molecule has 2 rings (SSSR count). The number of rotatable bonds is 5. The maximum absolute atomic E-state index is 13.7. The van der Waals surface area contributed by atoms with Crippen LogP contribution in [0.3, 0.4) is 0 Å². The molecule has 1 fully saturated rings. The molecule has 8 heteroatoms. The van der Waals surface area contributed by atoms with Crippen molar-refractivity contribution < 1.29 is 17.6 Å². The SMILES string of the molecule is CC(=O)Nc1cc(S(=O)(=O)NC2(CN)CCCCC2C)ccc1F. The summed E-state index contributed by atoms with van der Waals surface area (Å²) in [5.74, 6) is -1.05. The third-order valence-corrected chi connectivity index (χ3v) is 6.26. The van der Waals surface area contributed by atoms with Gasteiger partial charge in [0.05, 0.1) is 10.6 Å². The number of nitrogens with two attached hydrogens (primary N) is 1. The minimum absolute atomic E-state index is 0.0988. The molecular formula is C16H24FN3O3S. The number of sulfonamides is 1. The van der Waals surface area contributed by atoms with E-state index in [1.807, 2.05) is 6.92 Å². The van der Waals surface area contributed by atoms with Crippen LogP contribution in [0.5, 0.6) is 0 Å². The summed E-state index contributed by atoms with van der Waals surface area (Å²) in [6.07, 6.45) is 3.53. The van der Waals surface area contributed by atoms with Gasteiger partial charge in [0.15, 0.2) is 0 Å². The van der Waals surface area contributed by atoms with E-state index in [9.17, 15) is 17.6 Å². The predicted octanol–water partition coefficient (Wildman–Crippen LogP) is 1.97. The lowest BCUT2D eigenvalue weighted by Crippen LogP contribution is -2.58. The molecule has 0 bridgehead atoms. The Labute approximate surface area is 142 Å². The maximum Gasteiger partial charge on any atom is 0.241 e. The van der Waals surface area contributed by atoms with Crippen molar-refractivity contribution in [1.29, 1.82) is 0 Å². The van der Waals surface area contributed by atoms with Gasteiger partial charge in [0.25, 0.3) is 0 Å². The van der Waals surface area contributed by atoms with E-state index in [1.165, 1.54) is 13.0 Å². The number of anilines is 1. The van der Waals surface area contributed by atoms with E-state index in [2.05, 4.69) is 10.0 Å². The normalized spacial score (nSPS) is 24.6. The van der Waals surface area contributed by atoms with Crippen LogP contribution in [0.15, 0.2) is 23.1 Å². The Bertz CT molecular complexity index is 723. The predicted molar refractivity (Wildman–Crippen MR) is 90.4 cm³/mol. The van der Waals surface area contributed by atoms with Crippen molar-refractivity contribution >= 4 is 21.6 Å². The van der Waals surface area contributed by atoms with E-state index in [-0.39, 0.29) is 23.0 Å². The smallest absolute Gasteiger partial charge is 0.241 e. The summed E-state index contributed by atoms with van der Waals surface area (Å²) in [4.78, 5) is 11.0. The Hall–Kier alpha value is -1.51. The topological polar surface area (TPSA) is 101 Å². The molecule has 24 heavy (non-hydrogen) atoms. The molecule has 2 atom stereocenters. The van der Waals surface area contributed by atoms with Gasteiger partial charge >= 0.3 is 0 Å². The fourth-order valence-corrected chi connectivity index (χ4v) is 4.75. The van der Waals surface area contributed by atoms with Crippen LogP contribution in [0.4, 0.5) is 10.1 Å². The van der Waals surface area contributed by atoms with Crippen molar-refractivity contribution in [2.45, 2.75) is 50.0 Å². The molecule has 0 spiro atoms. The fraction of sp³-hybridized carbons (Fsp3) is 0.562. The van der Waals surface area contributed by atoms with E-state index in [0.29, 0.717) is 6.42 Å². The molecular weight excluding hydrogens is 333 g/mol. The van der Waals surface area contributed by atoms with Crippen LogP contribution in [-0.4, -0.2) is 26.4 Å². The Kier molecular flexibility index (Phi) is 5.62. The highest BCUT2D eigenvalue weighted by Gasteiger charge is 2.40. The molecule has 2 unspecified atom stereocenters. The molecule has 0 saturated heterocycles. The van der Waals surface area contributed by atoms with Gasteiger partial charge in [0.1, 0.15) is 5.82 Å². The molecule has 1 amide bonds. The number of carbonyl (C=O) groups is 1. The summed E-state index contributed by atoms with van der Waals surface area (Å²) in [5, 5.41) is 2.29. The maximum atomic E-state index is 13.7. The molecule has 1 aromatic carbocycles. The minimum Gasteiger partial charge on any atom is -0.329 e. The summed E-state index contributed by atoms with van der Waals surface area (Å²) in [5.41, 5.74) is 5.03. The molecule has 1 aliphatic rings. The lowest BCUT2D eigenvalue weighted by molar-refractivity contribution is -0.114. The quantitative estimate of drug-likeness (QED) is 0.750. The van der Waals surface area contributed by atoms with Gasteiger partial charge < -0.3 is 11.1 Å². The van der Waals surface area contributed by atoms with Crippen LogP contribution < -0.4 is 15.8 Å². The Balaban J connectivity index is 2.34. The number of nitrogens with one attached hydrogen (secondary N) is 2. The van der Waals surface area contributed by atoms with Crippen LogP contribution in [0.25, 0.3) is 0 Å². The summed E-state index contributed by atoms with van der Waals surface area (Å²) < 4.78 is 42.0. The second-order valence-corrected chi connectivity index (χ2v) is 8.12. The Morgan fingerprint density at radius 1 is 1.42 bits per heavy atom. The number of halogens is 1. The molecule has 0 heterocycles. The number of amides is 1. The van der Waals surface area contributed by atoms with Gasteiger partial charge in [-0.25, -0.2) is 17.5 Å². The van der Waals surface area contributed by atoms with E-state index in [0.717, 1.165) is 31.4 Å². The average molecular weight is 357 g/mol. The second kappa shape index (κ2) is 7.16. The van der Waals surface area contributed by atoms with Crippen LogP contribution in [0.1, 0.15) is 39.5 Å². The van der Waals surface area contributed by atoms with Crippen LogP contribution >= 0.6 is 0 Å². The van der Waals surface area contributed by atoms with Gasteiger partial charge in [-0.2, -0.15) is 0 Å². The minimum atomic E-state index is -3.89. The Morgan fingerprint density at radius 3 is 2.71 bits per heavy atom. The van der Waals surface area contributed by atoms with Gasteiger partial charge in [0.2, 0.25) is 15.9 Å². The second-order valence-electron chi connectivity index (χ2n) is 6.44. The summed E-state index contributed by atoms with van der Waals surface area (Å²) in [6.45, 7) is 3.42.